The minimum Gasteiger partial charge on any atom is -0.394 e. The first-order valence-corrected chi connectivity index (χ1v) is 5.08. The number of rotatable bonds is 3. The summed E-state index contributed by atoms with van der Waals surface area (Å²) >= 11 is 0. The fraction of sp³-hybridized carbons (Fsp3) is 0.273. The molecule has 2 rings (SSSR count). The molecule has 0 saturated carbocycles. The van der Waals surface area contributed by atoms with Gasteiger partial charge >= 0.3 is 0 Å². The zero-order valence-electron chi connectivity index (χ0n) is 9.22. The summed E-state index contributed by atoms with van der Waals surface area (Å²) in [5.41, 5.74) is 6.68. The van der Waals surface area contributed by atoms with Crippen LogP contribution in [0.15, 0.2) is 22.7 Å². The molecule has 0 unspecified atom stereocenters. The van der Waals surface area contributed by atoms with Crippen molar-refractivity contribution >= 4 is 0 Å². The van der Waals surface area contributed by atoms with Crippen LogP contribution < -0.4 is 5.73 Å². The maximum absolute atomic E-state index is 13.1. The Kier molecular flexibility index (Phi) is 3.16. The highest BCUT2D eigenvalue weighted by Crippen LogP contribution is 2.20. The first-order valence-electron chi connectivity index (χ1n) is 5.08. The third-order valence-corrected chi connectivity index (χ3v) is 2.37. The second-order valence-corrected chi connectivity index (χ2v) is 3.71. The van der Waals surface area contributed by atoms with Gasteiger partial charge < -0.3 is 15.4 Å². The highest BCUT2D eigenvalue weighted by molar-refractivity contribution is 5.55. The largest absolute Gasteiger partial charge is 0.394 e. The lowest BCUT2D eigenvalue weighted by Gasteiger charge is -1.99. The number of nitrogens with two attached hydrogens (primary N) is 1. The molecule has 6 heteroatoms. The van der Waals surface area contributed by atoms with Crippen molar-refractivity contribution in [3.8, 4) is 11.4 Å². The second-order valence-electron chi connectivity index (χ2n) is 3.71. The van der Waals surface area contributed by atoms with Crippen LogP contribution in [0.5, 0.6) is 0 Å². The maximum Gasteiger partial charge on any atom is 0.246 e. The summed E-state index contributed by atoms with van der Waals surface area (Å²) < 4.78 is 18.0. The minimum atomic E-state index is -0.696. The van der Waals surface area contributed by atoms with Crippen LogP contribution in [0.3, 0.4) is 0 Å². The number of aromatic nitrogens is 2. The first-order chi connectivity index (χ1) is 8.11. The van der Waals surface area contributed by atoms with E-state index in [-0.39, 0.29) is 18.3 Å². The van der Waals surface area contributed by atoms with Crippen molar-refractivity contribution < 1.29 is 14.0 Å². The fourth-order valence-electron chi connectivity index (χ4n) is 1.36. The van der Waals surface area contributed by atoms with E-state index in [1.165, 1.54) is 6.07 Å². The molecule has 0 aliphatic rings. The number of aliphatic hydroxyl groups excluding tert-OH is 1. The predicted molar refractivity (Wildman–Crippen MR) is 58.4 cm³/mol. The number of hydrogen-bond acceptors (Lipinski definition) is 5. The van der Waals surface area contributed by atoms with Crippen LogP contribution >= 0.6 is 0 Å². The van der Waals surface area contributed by atoms with Gasteiger partial charge in [0.2, 0.25) is 11.7 Å². The lowest BCUT2D eigenvalue weighted by atomic mass is 10.1. The molecule has 17 heavy (non-hydrogen) atoms. The van der Waals surface area contributed by atoms with Crippen LogP contribution in [-0.2, 0) is 0 Å². The van der Waals surface area contributed by atoms with E-state index in [1.54, 1.807) is 19.1 Å². The summed E-state index contributed by atoms with van der Waals surface area (Å²) in [6.45, 7) is 1.38. The third kappa shape index (κ3) is 2.32. The Morgan fingerprint density at radius 1 is 1.53 bits per heavy atom. The average molecular weight is 237 g/mol. The smallest absolute Gasteiger partial charge is 0.246 e. The first kappa shape index (κ1) is 11.7. The van der Waals surface area contributed by atoms with Crippen LogP contribution in [0, 0.1) is 12.7 Å². The van der Waals surface area contributed by atoms with E-state index in [0.717, 1.165) is 0 Å². The Morgan fingerprint density at radius 3 is 2.94 bits per heavy atom. The Labute approximate surface area is 97.1 Å². The van der Waals surface area contributed by atoms with E-state index in [0.29, 0.717) is 17.0 Å². The Balaban J connectivity index is 2.33. The molecule has 0 saturated heterocycles. The molecule has 3 N–H and O–H groups in total. The summed E-state index contributed by atoms with van der Waals surface area (Å²) in [4.78, 5) is 4.04. The number of benzene rings is 1. The highest BCUT2D eigenvalue weighted by Gasteiger charge is 2.15. The van der Waals surface area contributed by atoms with Crippen LogP contribution in [0.2, 0.25) is 0 Å². The Morgan fingerprint density at radius 2 is 2.29 bits per heavy atom. The van der Waals surface area contributed by atoms with Crippen molar-refractivity contribution in [2.75, 3.05) is 6.61 Å². The molecular weight excluding hydrogens is 225 g/mol. The van der Waals surface area contributed by atoms with E-state index in [4.69, 9.17) is 15.4 Å². The zero-order valence-corrected chi connectivity index (χ0v) is 9.22. The van der Waals surface area contributed by atoms with E-state index >= 15 is 0 Å². The van der Waals surface area contributed by atoms with Crippen molar-refractivity contribution in [2.24, 2.45) is 5.73 Å². The number of aliphatic hydroxyl groups is 1. The van der Waals surface area contributed by atoms with Crippen molar-refractivity contribution in [3.05, 3.63) is 35.5 Å². The summed E-state index contributed by atoms with van der Waals surface area (Å²) in [6.07, 6.45) is 0. The zero-order chi connectivity index (χ0) is 12.4. The van der Waals surface area contributed by atoms with Gasteiger partial charge in [0.15, 0.2) is 0 Å². The predicted octanol–water partition coefficient (Wildman–Crippen LogP) is 1.18. The van der Waals surface area contributed by atoms with Gasteiger partial charge in [0.25, 0.3) is 0 Å². The molecule has 1 heterocycles. The molecule has 1 aromatic heterocycles. The SMILES string of the molecule is Cc1cc(-c2noc([C@H](N)CO)n2)ccc1F. The third-order valence-electron chi connectivity index (χ3n) is 2.37. The number of halogens is 1. The van der Waals surface area contributed by atoms with Gasteiger partial charge in [-0.05, 0) is 30.7 Å². The second kappa shape index (κ2) is 4.60. The Hall–Kier alpha value is -1.79. The van der Waals surface area contributed by atoms with Gasteiger partial charge in [0.05, 0.1) is 6.61 Å². The van der Waals surface area contributed by atoms with Crippen LogP contribution in [-0.4, -0.2) is 21.9 Å². The monoisotopic (exact) mass is 237 g/mol. The van der Waals surface area contributed by atoms with Gasteiger partial charge in [-0.3, -0.25) is 0 Å². The summed E-state index contributed by atoms with van der Waals surface area (Å²) in [6, 6.07) is 3.82. The van der Waals surface area contributed by atoms with E-state index in [1.807, 2.05) is 0 Å². The molecule has 0 bridgehead atoms. The van der Waals surface area contributed by atoms with Gasteiger partial charge in [-0.15, -0.1) is 0 Å². The number of aryl methyl sites for hydroxylation is 1. The maximum atomic E-state index is 13.1. The van der Waals surface area contributed by atoms with Gasteiger partial charge in [-0.2, -0.15) is 4.98 Å². The molecule has 1 aromatic carbocycles. The van der Waals surface area contributed by atoms with Gasteiger partial charge in [-0.25, -0.2) is 4.39 Å². The van der Waals surface area contributed by atoms with Crippen molar-refractivity contribution in [1.29, 1.82) is 0 Å². The lowest BCUT2D eigenvalue weighted by molar-refractivity contribution is 0.237. The minimum absolute atomic E-state index is 0.157. The van der Waals surface area contributed by atoms with Crippen LogP contribution in [0.4, 0.5) is 4.39 Å². The lowest BCUT2D eigenvalue weighted by Crippen LogP contribution is -2.14. The van der Waals surface area contributed by atoms with E-state index in [9.17, 15) is 4.39 Å². The topological polar surface area (TPSA) is 85.2 Å². The van der Waals surface area contributed by atoms with E-state index in [2.05, 4.69) is 10.1 Å². The molecule has 0 aliphatic heterocycles. The molecule has 5 nitrogen and oxygen atoms in total. The van der Waals surface area contributed by atoms with Crippen molar-refractivity contribution in [2.45, 2.75) is 13.0 Å². The normalized spacial score (nSPS) is 12.7. The molecular formula is C11H12FN3O2. The van der Waals surface area contributed by atoms with Gasteiger partial charge in [0, 0.05) is 5.56 Å². The number of nitrogens with zero attached hydrogens (tertiary/aromatic N) is 2. The summed E-state index contributed by atoms with van der Waals surface area (Å²) in [5.74, 6) is 0.195. The molecule has 0 fully saturated rings. The standard InChI is InChI=1S/C11H12FN3O2/c1-6-4-7(2-3-8(6)12)10-14-11(17-15-10)9(13)5-16/h2-4,9,16H,5,13H2,1H3/t9-/m1/s1. The van der Waals surface area contributed by atoms with Crippen molar-refractivity contribution in [3.63, 3.8) is 0 Å². The fourth-order valence-corrected chi connectivity index (χ4v) is 1.36. The van der Waals surface area contributed by atoms with Gasteiger partial charge in [0.1, 0.15) is 11.9 Å². The molecule has 2 aromatic rings. The van der Waals surface area contributed by atoms with Crippen LogP contribution in [0.25, 0.3) is 11.4 Å². The number of hydrogen-bond donors (Lipinski definition) is 2. The molecule has 0 spiro atoms. The molecule has 1 atom stereocenters. The molecule has 0 amide bonds. The highest BCUT2D eigenvalue weighted by atomic mass is 19.1. The average Bonchev–Trinajstić information content (AvgIpc) is 2.81. The van der Waals surface area contributed by atoms with Gasteiger partial charge in [-0.1, -0.05) is 5.16 Å². The van der Waals surface area contributed by atoms with Crippen LogP contribution in [0.1, 0.15) is 17.5 Å². The Bertz CT molecular complexity index is 527. The molecule has 0 radical (unpaired) electrons. The van der Waals surface area contributed by atoms with Crippen molar-refractivity contribution in [1.82, 2.24) is 10.1 Å². The molecule has 90 valence electrons. The quantitative estimate of drug-likeness (QED) is 0.837. The summed E-state index contributed by atoms with van der Waals surface area (Å²) in [7, 11) is 0. The molecule has 0 aliphatic carbocycles. The summed E-state index contributed by atoms with van der Waals surface area (Å²) in [5, 5.41) is 12.6. The van der Waals surface area contributed by atoms with E-state index < -0.39 is 6.04 Å².